The second kappa shape index (κ2) is 6.70. The quantitative estimate of drug-likeness (QED) is 0.840. The van der Waals surface area contributed by atoms with Gasteiger partial charge in [-0.05, 0) is 45.4 Å². The number of aryl methyl sites for hydroxylation is 3. The minimum Gasteiger partial charge on any atom is -0.390 e. The van der Waals surface area contributed by atoms with Gasteiger partial charge in [-0.3, -0.25) is 0 Å². The number of benzene rings is 1. The van der Waals surface area contributed by atoms with Gasteiger partial charge in [-0.15, -0.1) is 0 Å². The second-order valence-corrected chi connectivity index (χ2v) is 7.35. The highest BCUT2D eigenvalue weighted by atomic mass is 32.2. The van der Waals surface area contributed by atoms with Gasteiger partial charge in [0.25, 0.3) is 0 Å². The number of rotatable bonds is 6. The third kappa shape index (κ3) is 3.81. The summed E-state index contributed by atoms with van der Waals surface area (Å²) < 4.78 is 25.1. The van der Waals surface area contributed by atoms with E-state index in [9.17, 15) is 13.5 Å². The summed E-state index contributed by atoms with van der Waals surface area (Å²) in [5.41, 5.74) is 2.53. The first-order chi connectivity index (χ1) is 9.22. The van der Waals surface area contributed by atoms with Gasteiger partial charge in [0.1, 0.15) is 0 Å². The third-order valence-corrected chi connectivity index (χ3v) is 5.63. The van der Waals surface area contributed by atoms with Gasteiger partial charge in [0.2, 0.25) is 0 Å². The zero-order valence-electron chi connectivity index (χ0n) is 12.9. The molecule has 0 radical (unpaired) electrons. The molecule has 114 valence electrons. The van der Waals surface area contributed by atoms with Crippen LogP contribution in [0.1, 0.15) is 30.0 Å². The van der Waals surface area contributed by atoms with E-state index in [2.05, 4.69) is 5.32 Å². The maximum atomic E-state index is 12.5. The zero-order chi connectivity index (χ0) is 15.5. The van der Waals surface area contributed by atoms with Crippen molar-refractivity contribution in [1.82, 2.24) is 5.32 Å². The monoisotopic (exact) mass is 299 g/mol. The van der Waals surface area contributed by atoms with Crippen molar-refractivity contribution in [2.75, 3.05) is 12.8 Å². The molecule has 0 aliphatic rings. The molecule has 1 aromatic carbocycles. The molecule has 1 rings (SSSR count). The van der Waals surface area contributed by atoms with Crippen molar-refractivity contribution >= 4 is 9.84 Å². The fraction of sp³-hybridized carbons (Fsp3) is 0.600. The van der Waals surface area contributed by atoms with E-state index in [0.717, 1.165) is 16.7 Å². The molecule has 0 amide bonds. The number of nitrogens with one attached hydrogen (secondary N) is 1. The van der Waals surface area contributed by atoms with Crippen LogP contribution in [0.4, 0.5) is 0 Å². The number of hydrogen-bond acceptors (Lipinski definition) is 4. The van der Waals surface area contributed by atoms with Crippen LogP contribution in [0.2, 0.25) is 0 Å². The fourth-order valence-corrected chi connectivity index (χ4v) is 4.70. The summed E-state index contributed by atoms with van der Waals surface area (Å²) in [6, 6.07) is 3.51. The third-order valence-electron chi connectivity index (χ3n) is 3.58. The lowest BCUT2D eigenvalue weighted by atomic mass is 10.1. The van der Waals surface area contributed by atoms with Crippen LogP contribution in [0, 0.1) is 20.8 Å². The molecule has 4 nitrogen and oxygen atoms in total. The first kappa shape index (κ1) is 17.1. The van der Waals surface area contributed by atoms with Gasteiger partial charge in [-0.1, -0.05) is 24.6 Å². The van der Waals surface area contributed by atoms with E-state index in [1.807, 2.05) is 26.0 Å². The molecule has 1 aromatic rings. The molecular formula is C15H25NO3S. The first-order valence-electron chi connectivity index (χ1n) is 6.88. The predicted molar refractivity (Wildman–Crippen MR) is 81.9 cm³/mol. The van der Waals surface area contributed by atoms with Crippen LogP contribution in [-0.4, -0.2) is 38.5 Å². The Kier molecular flexibility index (Phi) is 5.74. The van der Waals surface area contributed by atoms with Crippen LogP contribution in [0.5, 0.6) is 0 Å². The molecular weight excluding hydrogens is 274 g/mol. The van der Waals surface area contributed by atoms with E-state index >= 15 is 0 Å². The van der Waals surface area contributed by atoms with Crippen molar-refractivity contribution in [2.24, 2.45) is 0 Å². The Morgan fingerprint density at radius 1 is 1.20 bits per heavy atom. The van der Waals surface area contributed by atoms with Gasteiger partial charge in [-0.25, -0.2) is 8.42 Å². The van der Waals surface area contributed by atoms with Crippen molar-refractivity contribution in [3.05, 3.63) is 28.8 Å². The maximum Gasteiger partial charge on any atom is 0.181 e. The fourth-order valence-electron chi connectivity index (χ4n) is 2.75. The van der Waals surface area contributed by atoms with Crippen LogP contribution in [0.25, 0.3) is 0 Å². The highest BCUT2D eigenvalue weighted by molar-refractivity contribution is 7.91. The normalized spacial score (nSPS) is 15.1. The SMILES string of the molecule is CCC(NC)C(O)CS(=O)(=O)c1c(C)cc(C)cc1C. The molecule has 2 atom stereocenters. The molecule has 5 heteroatoms. The van der Waals surface area contributed by atoms with E-state index in [-0.39, 0.29) is 11.8 Å². The Balaban J connectivity index is 3.12. The molecule has 0 aromatic heterocycles. The van der Waals surface area contributed by atoms with Gasteiger partial charge >= 0.3 is 0 Å². The Morgan fingerprint density at radius 3 is 2.10 bits per heavy atom. The van der Waals surface area contributed by atoms with Crippen molar-refractivity contribution in [2.45, 2.75) is 51.2 Å². The molecule has 0 aliphatic carbocycles. The molecule has 0 fully saturated rings. The average molecular weight is 299 g/mol. The van der Waals surface area contributed by atoms with Gasteiger partial charge < -0.3 is 10.4 Å². The van der Waals surface area contributed by atoms with E-state index in [4.69, 9.17) is 0 Å². The number of aliphatic hydroxyl groups is 1. The van der Waals surface area contributed by atoms with Crippen molar-refractivity contribution < 1.29 is 13.5 Å². The van der Waals surface area contributed by atoms with Crippen LogP contribution in [0.15, 0.2) is 17.0 Å². The van der Waals surface area contributed by atoms with Crippen LogP contribution < -0.4 is 5.32 Å². The number of aliphatic hydroxyl groups excluding tert-OH is 1. The smallest absolute Gasteiger partial charge is 0.181 e. The summed E-state index contributed by atoms with van der Waals surface area (Å²) in [7, 11) is -1.76. The molecule has 0 saturated heterocycles. The summed E-state index contributed by atoms with van der Waals surface area (Å²) in [5.74, 6) is -0.253. The van der Waals surface area contributed by atoms with Crippen LogP contribution >= 0.6 is 0 Å². The molecule has 0 aliphatic heterocycles. The van der Waals surface area contributed by atoms with Crippen molar-refractivity contribution in [3.63, 3.8) is 0 Å². The topological polar surface area (TPSA) is 66.4 Å². The molecule has 0 bridgehead atoms. The lowest BCUT2D eigenvalue weighted by molar-refractivity contribution is 0.149. The summed E-state index contributed by atoms with van der Waals surface area (Å²) in [6.45, 7) is 7.46. The predicted octanol–water partition coefficient (Wildman–Crippen LogP) is 1.74. The van der Waals surface area contributed by atoms with Crippen molar-refractivity contribution in [1.29, 1.82) is 0 Å². The van der Waals surface area contributed by atoms with Crippen molar-refractivity contribution in [3.8, 4) is 0 Å². The van der Waals surface area contributed by atoms with E-state index in [1.54, 1.807) is 20.9 Å². The minimum absolute atomic E-state index is 0.212. The maximum absolute atomic E-state index is 12.5. The highest BCUT2D eigenvalue weighted by Gasteiger charge is 2.27. The number of hydrogen-bond donors (Lipinski definition) is 2. The van der Waals surface area contributed by atoms with Crippen LogP contribution in [0.3, 0.4) is 0 Å². The summed E-state index contributed by atoms with van der Waals surface area (Å²) >= 11 is 0. The van der Waals surface area contributed by atoms with Gasteiger partial charge in [0.05, 0.1) is 16.8 Å². The lowest BCUT2D eigenvalue weighted by Crippen LogP contribution is -2.41. The van der Waals surface area contributed by atoms with Crippen LogP contribution in [-0.2, 0) is 9.84 Å². The standard InChI is InChI=1S/C15H25NO3S/c1-6-13(16-5)14(17)9-20(18,19)15-11(3)7-10(2)8-12(15)4/h7-8,13-14,16-17H,6,9H2,1-5H3. The molecule has 2 N–H and O–H groups in total. The summed E-state index contributed by atoms with van der Waals surface area (Å²) in [5, 5.41) is 13.1. The average Bonchev–Trinajstić information content (AvgIpc) is 2.27. The van der Waals surface area contributed by atoms with Gasteiger partial charge in [-0.2, -0.15) is 0 Å². The lowest BCUT2D eigenvalue weighted by Gasteiger charge is -2.22. The number of likely N-dealkylation sites (N-methyl/N-ethyl adjacent to an activating group) is 1. The summed E-state index contributed by atoms with van der Waals surface area (Å²) in [6.07, 6.45) is -0.228. The Labute approximate surface area is 122 Å². The van der Waals surface area contributed by atoms with E-state index in [0.29, 0.717) is 11.3 Å². The second-order valence-electron chi connectivity index (χ2n) is 5.38. The van der Waals surface area contributed by atoms with Gasteiger partial charge in [0, 0.05) is 6.04 Å². The first-order valence-corrected chi connectivity index (χ1v) is 8.54. The molecule has 0 spiro atoms. The van der Waals surface area contributed by atoms with E-state index < -0.39 is 15.9 Å². The summed E-state index contributed by atoms with van der Waals surface area (Å²) in [4.78, 5) is 0.355. The molecule has 20 heavy (non-hydrogen) atoms. The Bertz CT molecular complexity index is 539. The Morgan fingerprint density at radius 2 is 1.70 bits per heavy atom. The molecule has 0 saturated carbocycles. The Hall–Kier alpha value is -0.910. The minimum atomic E-state index is -3.49. The van der Waals surface area contributed by atoms with E-state index in [1.165, 1.54) is 0 Å². The molecule has 0 heterocycles. The number of sulfone groups is 1. The highest BCUT2D eigenvalue weighted by Crippen LogP contribution is 2.24. The zero-order valence-corrected chi connectivity index (χ0v) is 13.7. The van der Waals surface area contributed by atoms with Gasteiger partial charge in [0.15, 0.2) is 9.84 Å². The largest absolute Gasteiger partial charge is 0.390 e. The molecule has 2 unspecified atom stereocenters.